The standard InChI is InChI=1S/C18H18ClF3N2O4S/c1-11(2)23-17(25)10-28-16-7-6-14(9-15(16)19)29(26,27)24-13-5-3-4-12(8-13)18(20,21)22/h3-9,11,24H,10H2,1-2H3,(H,23,25). The van der Waals surface area contributed by atoms with E-state index in [2.05, 4.69) is 10.0 Å². The summed E-state index contributed by atoms with van der Waals surface area (Å²) in [5.41, 5.74) is -1.24. The van der Waals surface area contributed by atoms with Crippen molar-refractivity contribution in [2.24, 2.45) is 0 Å². The zero-order chi connectivity index (χ0) is 21.8. The van der Waals surface area contributed by atoms with E-state index in [1.807, 2.05) is 0 Å². The highest BCUT2D eigenvalue weighted by atomic mass is 35.5. The average molecular weight is 451 g/mol. The highest BCUT2D eigenvalue weighted by Crippen LogP contribution is 2.32. The van der Waals surface area contributed by atoms with Crippen LogP contribution < -0.4 is 14.8 Å². The van der Waals surface area contributed by atoms with Gasteiger partial charge in [0.15, 0.2) is 6.61 Å². The van der Waals surface area contributed by atoms with E-state index in [0.29, 0.717) is 6.07 Å². The fourth-order valence-electron chi connectivity index (χ4n) is 2.25. The molecule has 6 nitrogen and oxygen atoms in total. The van der Waals surface area contributed by atoms with Gasteiger partial charge in [-0.05, 0) is 50.2 Å². The van der Waals surface area contributed by atoms with Gasteiger partial charge in [0.2, 0.25) is 0 Å². The molecule has 0 bridgehead atoms. The number of nitrogens with one attached hydrogen (secondary N) is 2. The minimum atomic E-state index is -4.61. The third-order valence-corrected chi connectivity index (χ3v) is 5.14. The molecule has 0 saturated carbocycles. The number of hydrogen-bond donors (Lipinski definition) is 2. The fourth-order valence-corrected chi connectivity index (χ4v) is 3.62. The van der Waals surface area contributed by atoms with Crippen molar-refractivity contribution in [3.63, 3.8) is 0 Å². The Labute approximate surface area is 171 Å². The molecule has 158 valence electrons. The van der Waals surface area contributed by atoms with Crippen molar-refractivity contribution < 1.29 is 31.1 Å². The summed E-state index contributed by atoms with van der Waals surface area (Å²) in [5.74, 6) is -0.289. The summed E-state index contributed by atoms with van der Waals surface area (Å²) in [7, 11) is -4.20. The number of ether oxygens (including phenoxy) is 1. The first-order valence-electron chi connectivity index (χ1n) is 8.30. The summed E-state index contributed by atoms with van der Waals surface area (Å²) in [4.78, 5) is 11.3. The number of carbonyl (C=O) groups excluding carboxylic acids is 1. The quantitative estimate of drug-likeness (QED) is 0.666. The van der Waals surface area contributed by atoms with Crippen LogP contribution in [0.1, 0.15) is 19.4 Å². The maximum atomic E-state index is 12.8. The number of anilines is 1. The third kappa shape index (κ3) is 6.53. The van der Waals surface area contributed by atoms with Gasteiger partial charge in [-0.3, -0.25) is 9.52 Å². The molecule has 0 saturated heterocycles. The van der Waals surface area contributed by atoms with Crippen molar-refractivity contribution in [1.29, 1.82) is 0 Å². The van der Waals surface area contributed by atoms with E-state index in [-0.39, 0.29) is 39.9 Å². The average Bonchev–Trinajstić information content (AvgIpc) is 2.59. The lowest BCUT2D eigenvalue weighted by Crippen LogP contribution is -2.34. The van der Waals surface area contributed by atoms with Crippen LogP contribution in [0.5, 0.6) is 5.75 Å². The molecule has 29 heavy (non-hydrogen) atoms. The number of benzene rings is 2. The molecule has 0 aliphatic carbocycles. The largest absolute Gasteiger partial charge is 0.482 e. The number of halogens is 4. The van der Waals surface area contributed by atoms with Gasteiger partial charge in [-0.25, -0.2) is 8.42 Å². The molecule has 0 radical (unpaired) electrons. The van der Waals surface area contributed by atoms with Gasteiger partial charge in [0.05, 0.1) is 15.5 Å². The predicted octanol–water partition coefficient (Wildman–Crippen LogP) is 4.06. The summed E-state index contributed by atoms with van der Waals surface area (Å²) < 4.78 is 70.6. The first-order chi connectivity index (χ1) is 13.4. The Hall–Kier alpha value is -2.46. The van der Waals surface area contributed by atoms with Gasteiger partial charge >= 0.3 is 6.18 Å². The highest BCUT2D eigenvalue weighted by molar-refractivity contribution is 7.92. The molecular formula is C18H18ClF3N2O4S. The lowest BCUT2D eigenvalue weighted by Gasteiger charge is -2.13. The fraction of sp³-hybridized carbons (Fsp3) is 0.278. The molecule has 0 unspecified atom stereocenters. The molecule has 0 fully saturated rings. The molecule has 0 heterocycles. The number of carbonyl (C=O) groups is 1. The van der Waals surface area contributed by atoms with Crippen molar-refractivity contribution in [2.45, 2.75) is 31.0 Å². The third-order valence-electron chi connectivity index (χ3n) is 3.46. The van der Waals surface area contributed by atoms with E-state index in [4.69, 9.17) is 16.3 Å². The maximum absolute atomic E-state index is 12.8. The molecule has 0 aliphatic heterocycles. The molecule has 0 aromatic heterocycles. The van der Waals surface area contributed by atoms with Gasteiger partial charge in [0.1, 0.15) is 5.75 Å². The molecule has 0 spiro atoms. The molecule has 2 aromatic carbocycles. The number of rotatable bonds is 7. The van der Waals surface area contributed by atoms with Crippen molar-refractivity contribution >= 4 is 33.2 Å². The van der Waals surface area contributed by atoms with Crippen LogP contribution in [0.4, 0.5) is 18.9 Å². The Balaban J connectivity index is 2.15. The van der Waals surface area contributed by atoms with Crippen LogP contribution >= 0.6 is 11.6 Å². The summed E-state index contributed by atoms with van der Waals surface area (Å²) >= 11 is 6.01. The summed E-state index contributed by atoms with van der Waals surface area (Å²) in [5, 5.41) is 2.54. The van der Waals surface area contributed by atoms with Gasteiger partial charge in [0, 0.05) is 11.7 Å². The highest BCUT2D eigenvalue weighted by Gasteiger charge is 2.30. The van der Waals surface area contributed by atoms with E-state index in [0.717, 1.165) is 24.3 Å². The van der Waals surface area contributed by atoms with E-state index >= 15 is 0 Å². The van der Waals surface area contributed by atoms with Crippen LogP contribution in [0.3, 0.4) is 0 Å². The monoisotopic (exact) mass is 450 g/mol. The van der Waals surface area contributed by atoms with E-state index in [1.165, 1.54) is 12.1 Å². The minimum absolute atomic E-state index is 0.0731. The van der Waals surface area contributed by atoms with Crippen molar-refractivity contribution in [3.8, 4) is 5.75 Å². The first-order valence-corrected chi connectivity index (χ1v) is 10.2. The van der Waals surface area contributed by atoms with E-state index in [9.17, 15) is 26.4 Å². The van der Waals surface area contributed by atoms with Crippen LogP contribution in [0, 0.1) is 0 Å². The van der Waals surface area contributed by atoms with Crippen molar-refractivity contribution in [1.82, 2.24) is 5.32 Å². The van der Waals surface area contributed by atoms with E-state index < -0.39 is 21.8 Å². The number of hydrogen-bond acceptors (Lipinski definition) is 4. The molecule has 2 N–H and O–H groups in total. The Morgan fingerprint density at radius 2 is 1.86 bits per heavy atom. The number of amides is 1. The second-order valence-corrected chi connectivity index (χ2v) is 8.38. The minimum Gasteiger partial charge on any atom is -0.482 e. The maximum Gasteiger partial charge on any atom is 0.416 e. The summed E-state index contributed by atoms with van der Waals surface area (Å²) in [6.45, 7) is 3.25. The zero-order valence-corrected chi connectivity index (χ0v) is 17.0. The van der Waals surface area contributed by atoms with Crippen LogP contribution in [0.25, 0.3) is 0 Å². The van der Waals surface area contributed by atoms with Gasteiger partial charge < -0.3 is 10.1 Å². The van der Waals surface area contributed by atoms with Crippen LogP contribution in [-0.2, 0) is 21.0 Å². The second kappa shape index (κ2) is 8.91. The van der Waals surface area contributed by atoms with Crippen LogP contribution in [0.2, 0.25) is 5.02 Å². The molecule has 1 amide bonds. The normalized spacial score (nSPS) is 12.0. The molecule has 2 rings (SSSR count). The SMILES string of the molecule is CC(C)NC(=O)COc1ccc(S(=O)(=O)Nc2cccc(C(F)(F)F)c2)cc1Cl. The summed E-state index contributed by atoms with van der Waals surface area (Å²) in [6.07, 6.45) is -4.61. The topological polar surface area (TPSA) is 84.5 Å². The molecule has 11 heteroatoms. The lowest BCUT2D eigenvalue weighted by atomic mass is 10.2. The number of sulfonamides is 1. The molecule has 0 atom stereocenters. The van der Waals surface area contributed by atoms with Crippen molar-refractivity contribution in [2.75, 3.05) is 11.3 Å². The Morgan fingerprint density at radius 3 is 2.45 bits per heavy atom. The molecular weight excluding hydrogens is 433 g/mol. The van der Waals surface area contributed by atoms with Crippen molar-refractivity contribution in [3.05, 3.63) is 53.1 Å². The number of alkyl halides is 3. The van der Waals surface area contributed by atoms with Gasteiger partial charge in [-0.2, -0.15) is 13.2 Å². The zero-order valence-electron chi connectivity index (χ0n) is 15.4. The van der Waals surface area contributed by atoms with Crippen LogP contribution in [0.15, 0.2) is 47.4 Å². The van der Waals surface area contributed by atoms with E-state index in [1.54, 1.807) is 13.8 Å². The lowest BCUT2D eigenvalue weighted by molar-refractivity contribution is -0.137. The molecule has 2 aromatic rings. The van der Waals surface area contributed by atoms with Gasteiger partial charge in [0.25, 0.3) is 15.9 Å². The Kier molecular flexibility index (Phi) is 7.02. The first kappa shape index (κ1) is 22.8. The van der Waals surface area contributed by atoms with Crippen LogP contribution in [-0.4, -0.2) is 27.0 Å². The van der Waals surface area contributed by atoms with Gasteiger partial charge in [-0.1, -0.05) is 17.7 Å². The second-order valence-electron chi connectivity index (χ2n) is 6.29. The van der Waals surface area contributed by atoms with Gasteiger partial charge in [-0.15, -0.1) is 0 Å². The molecule has 0 aliphatic rings. The Morgan fingerprint density at radius 1 is 1.17 bits per heavy atom. The smallest absolute Gasteiger partial charge is 0.416 e. The Bertz CT molecular complexity index is 995. The summed E-state index contributed by atoms with van der Waals surface area (Å²) in [6, 6.07) is 7.22. The predicted molar refractivity (Wildman–Crippen MR) is 102 cm³/mol.